The molecule has 4 N–H and O–H groups in total. The highest BCUT2D eigenvalue weighted by molar-refractivity contribution is 5.79. The summed E-state index contributed by atoms with van der Waals surface area (Å²) in [5.74, 6) is -0.850. The van der Waals surface area contributed by atoms with E-state index >= 15 is 0 Å². The Kier molecular flexibility index (Phi) is 8.67. The molecule has 3 heteroatoms. The molecule has 13 heavy (non-hydrogen) atoms. The van der Waals surface area contributed by atoms with Crippen LogP contribution in [0.1, 0.15) is 38.5 Å². The molecule has 0 aromatic rings. The van der Waals surface area contributed by atoms with Crippen molar-refractivity contribution in [2.45, 2.75) is 38.5 Å². The molecule has 0 saturated heterocycles. The summed E-state index contributed by atoms with van der Waals surface area (Å²) in [5.41, 5.74) is 3.78. The fourth-order valence-electron chi connectivity index (χ4n) is 1.15. The first-order chi connectivity index (χ1) is 6.27. The number of carboxylic acids is 1. The topological polar surface area (TPSA) is 64.9 Å². The van der Waals surface area contributed by atoms with Gasteiger partial charge in [-0.2, -0.15) is 0 Å². The van der Waals surface area contributed by atoms with Gasteiger partial charge < -0.3 is 10.8 Å². The number of hydrogen-bond donors (Lipinski definition) is 2. The van der Waals surface area contributed by atoms with E-state index in [0.717, 1.165) is 19.4 Å². The van der Waals surface area contributed by atoms with Crippen LogP contribution in [0.5, 0.6) is 0 Å². The zero-order chi connectivity index (χ0) is 9.94. The molecule has 0 saturated carbocycles. The summed E-state index contributed by atoms with van der Waals surface area (Å²) in [6.45, 7) is 1.03. The van der Waals surface area contributed by atoms with Gasteiger partial charge in [0.15, 0.2) is 0 Å². The minimum absolute atomic E-state index is 0.850. The van der Waals surface area contributed by atoms with Gasteiger partial charge in [-0.15, -0.1) is 0 Å². The summed E-state index contributed by atoms with van der Waals surface area (Å²) in [5, 5.41) is 8.29. The molecule has 0 radical (unpaired) electrons. The van der Waals surface area contributed by atoms with Crippen LogP contribution in [-0.2, 0) is 4.79 Å². The highest BCUT2D eigenvalue weighted by atomic mass is 16.4. The summed E-state index contributed by atoms with van der Waals surface area (Å²) in [6.07, 6.45) is 9.84. The lowest BCUT2D eigenvalue weighted by atomic mass is 10.1. The number of allylic oxidation sites excluding steroid dienone is 1. The molecule has 0 fully saturated rings. The quantitative estimate of drug-likeness (QED) is 0.442. The number of unbranched alkanes of at least 4 members (excludes halogenated alkanes) is 5. The summed E-state index contributed by atoms with van der Waals surface area (Å²) in [7, 11) is 0. The maximum atomic E-state index is 10.1. The monoisotopic (exact) mass is 186 g/mol. The first-order valence-electron chi connectivity index (χ1n) is 4.96. The molecular weight excluding hydrogens is 166 g/mol. The first-order valence-corrected chi connectivity index (χ1v) is 4.96. The van der Waals surface area contributed by atoms with Crippen molar-refractivity contribution < 1.29 is 15.6 Å². The lowest BCUT2D eigenvalue weighted by molar-refractivity contribution is -0.368. The third kappa shape index (κ3) is 11.2. The van der Waals surface area contributed by atoms with E-state index in [1.807, 2.05) is 0 Å². The molecule has 0 bridgehead atoms. The summed E-state index contributed by atoms with van der Waals surface area (Å²) < 4.78 is 0. The van der Waals surface area contributed by atoms with Crippen molar-refractivity contribution in [3.63, 3.8) is 0 Å². The zero-order valence-corrected chi connectivity index (χ0v) is 8.17. The number of carbonyl (C=O) groups is 1. The van der Waals surface area contributed by atoms with Crippen molar-refractivity contribution in [2.75, 3.05) is 6.54 Å². The van der Waals surface area contributed by atoms with Crippen molar-refractivity contribution >= 4 is 5.97 Å². The molecule has 0 amide bonds. The molecule has 3 nitrogen and oxygen atoms in total. The molecule has 76 valence electrons. The molecule has 0 aliphatic carbocycles. The van der Waals surface area contributed by atoms with Crippen LogP contribution in [-0.4, -0.2) is 17.6 Å². The second-order valence-corrected chi connectivity index (χ2v) is 3.15. The van der Waals surface area contributed by atoms with Crippen molar-refractivity contribution in [3.05, 3.63) is 12.2 Å². The molecule has 0 aliphatic heterocycles. The van der Waals surface area contributed by atoms with Crippen LogP contribution in [0, 0.1) is 0 Å². The normalized spacial score (nSPS) is 10.8. The lowest BCUT2D eigenvalue weighted by Crippen LogP contribution is -2.50. The SMILES string of the molecule is [NH3+]CCCCCCC/C=C/C(=O)O. The largest absolute Gasteiger partial charge is 0.478 e. The molecule has 0 atom stereocenters. The highest BCUT2D eigenvalue weighted by Crippen LogP contribution is 2.04. The highest BCUT2D eigenvalue weighted by Gasteiger charge is 1.89. The van der Waals surface area contributed by atoms with Crippen LogP contribution < -0.4 is 5.73 Å². The molecular formula is C10H20NO2+. The molecule has 0 aliphatic rings. The van der Waals surface area contributed by atoms with Crippen LogP contribution in [0.2, 0.25) is 0 Å². The minimum atomic E-state index is -0.850. The van der Waals surface area contributed by atoms with E-state index in [0.29, 0.717) is 0 Å². The van der Waals surface area contributed by atoms with Crippen molar-refractivity contribution in [1.29, 1.82) is 0 Å². The van der Waals surface area contributed by atoms with Gasteiger partial charge in [0.05, 0.1) is 6.54 Å². The number of carboxylic acid groups (broad SMARTS) is 1. The maximum absolute atomic E-state index is 10.1. The van der Waals surface area contributed by atoms with E-state index in [1.165, 1.54) is 31.8 Å². The standard InChI is InChI=1S/C10H19NO2/c11-9-7-5-3-1-2-4-6-8-10(12)13/h6,8H,1-5,7,9,11H2,(H,12,13)/p+1/b8-6+. The summed E-state index contributed by atoms with van der Waals surface area (Å²) in [4.78, 5) is 10.1. The Hall–Kier alpha value is -0.830. The van der Waals surface area contributed by atoms with Crippen molar-refractivity contribution in [1.82, 2.24) is 0 Å². The van der Waals surface area contributed by atoms with E-state index < -0.39 is 5.97 Å². The number of quaternary nitrogens is 1. The minimum Gasteiger partial charge on any atom is -0.478 e. The summed E-state index contributed by atoms with van der Waals surface area (Å²) in [6, 6.07) is 0. The number of aliphatic carboxylic acids is 1. The Morgan fingerprint density at radius 3 is 2.38 bits per heavy atom. The van der Waals surface area contributed by atoms with Crippen molar-refractivity contribution in [2.24, 2.45) is 0 Å². The van der Waals surface area contributed by atoms with E-state index in [2.05, 4.69) is 5.73 Å². The van der Waals surface area contributed by atoms with Crippen LogP contribution in [0.3, 0.4) is 0 Å². The Balaban J connectivity index is 3.03. The second kappa shape index (κ2) is 9.26. The van der Waals surface area contributed by atoms with Gasteiger partial charge in [-0.3, -0.25) is 0 Å². The third-order valence-electron chi connectivity index (χ3n) is 1.88. The average Bonchev–Trinajstić information content (AvgIpc) is 2.09. The van der Waals surface area contributed by atoms with Gasteiger partial charge in [0.1, 0.15) is 0 Å². The number of hydrogen-bond acceptors (Lipinski definition) is 1. The predicted molar refractivity (Wildman–Crippen MR) is 52.2 cm³/mol. The molecule has 0 spiro atoms. The van der Waals surface area contributed by atoms with Gasteiger partial charge in [0.25, 0.3) is 0 Å². The first kappa shape index (κ1) is 12.2. The van der Waals surface area contributed by atoms with E-state index in [-0.39, 0.29) is 0 Å². The van der Waals surface area contributed by atoms with Gasteiger partial charge in [0.2, 0.25) is 0 Å². The molecule has 0 aromatic carbocycles. The fourth-order valence-corrected chi connectivity index (χ4v) is 1.15. The molecule has 0 unspecified atom stereocenters. The van der Waals surface area contributed by atoms with Gasteiger partial charge in [0, 0.05) is 6.08 Å². The van der Waals surface area contributed by atoms with Crippen LogP contribution in [0.15, 0.2) is 12.2 Å². The predicted octanol–water partition coefficient (Wildman–Crippen LogP) is 1.21. The number of rotatable bonds is 8. The second-order valence-electron chi connectivity index (χ2n) is 3.15. The Morgan fingerprint density at radius 2 is 1.77 bits per heavy atom. The van der Waals surface area contributed by atoms with E-state index in [9.17, 15) is 4.79 Å². The Bertz CT molecular complexity index is 155. The molecule has 0 rings (SSSR count). The van der Waals surface area contributed by atoms with Gasteiger partial charge in [-0.25, -0.2) is 4.79 Å². The Morgan fingerprint density at radius 1 is 1.15 bits per heavy atom. The third-order valence-corrected chi connectivity index (χ3v) is 1.88. The zero-order valence-electron chi connectivity index (χ0n) is 8.17. The lowest BCUT2D eigenvalue weighted by Gasteiger charge is -1.96. The molecule has 0 aromatic heterocycles. The summed E-state index contributed by atoms with van der Waals surface area (Å²) >= 11 is 0. The van der Waals surface area contributed by atoms with Crippen LogP contribution in [0.4, 0.5) is 0 Å². The molecule has 0 heterocycles. The van der Waals surface area contributed by atoms with Gasteiger partial charge in [-0.05, 0) is 25.7 Å². The Labute approximate surface area is 79.6 Å². The fraction of sp³-hybridized carbons (Fsp3) is 0.700. The van der Waals surface area contributed by atoms with E-state index in [1.54, 1.807) is 6.08 Å². The average molecular weight is 186 g/mol. The van der Waals surface area contributed by atoms with Crippen molar-refractivity contribution in [3.8, 4) is 0 Å². The van der Waals surface area contributed by atoms with Crippen LogP contribution in [0.25, 0.3) is 0 Å². The smallest absolute Gasteiger partial charge is 0.327 e. The van der Waals surface area contributed by atoms with Gasteiger partial charge in [-0.1, -0.05) is 18.9 Å². The van der Waals surface area contributed by atoms with E-state index in [4.69, 9.17) is 5.11 Å². The van der Waals surface area contributed by atoms with Crippen LogP contribution >= 0.6 is 0 Å². The maximum Gasteiger partial charge on any atom is 0.327 e. The van der Waals surface area contributed by atoms with Gasteiger partial charge >= 0.3 is 5.97 Å².